The van der Waals surface area contributed by atoms with Gasteiger partial charge in [-0.1, -0.05) is 11.6 Å². The lowest BCUT2D eigenvalue weighted by Crippen LogP contribution is -2.18. The molecule has 1 fully saturated rings. The topological polar surface area (TPSA) is 29.5 Å². The van der Waals surface area contributed by atoms with E-state index in [4.69, 9.17) is 16.3 Å². The molecule has 4 heteroatoms. The highest BCUT2D eigenvalue weighted by Gasteiger charge is 2.18. The predicted octanol–water partition coefficient (Wildman–Crippen LogP) is 4.57. The van der Waals surface area contributed by atoms with Crippen molar-refractivity contribution in [2.24, 2.45) is 0 Å². The largest absolute Gasteiger partial charge is 0.494 e. The lowest BCUT2D eigenvalue weighted by Gasteiger charge is -2.19. The number of halogens is 1. The van der Waals surface area contributed by atoms with Gasteiger partial charge < -0.3 is 9.64 Å². The summed E-state index contributed by atoms with van der Waals surface area (Å²) in [6.45, 7) is 4.55. The van der Waals surface area contributed by atoms with Crippen molar-refractivity contribution in [3.8, 4) is 5.75 Å². The summed E-state index contributed by atoms with van der Waals surface area (Å²) in [5, 5.41) is 0.704. The van der Waals surface area contributed by atoms with E-state index >= 15 is 0 Å². The van der Waals surface area contributed by atoms with Crippen molar-refractivity contribution in [1.29, 1.82) is 0 Å². The second-order valence-electron chi connectivity index (χ2n) is 5.65. The van der Waals surface area contributed by atoms with Crippen LogP contribution in [0.4, 0.5) is 5.69 Å². The molecular formula is C19H20ClNO2. The second-order valence-corrected chi connectivity index (χ2v) is 6.05. The zero-order valence-corrected chi connectivity index (χ0v) is 14.0. The van der Waals surface area contributed by atoms with E-state index in [9.17, 15) is 4.79 Å². The van der Waals surface area contributed by atoms with E-state index in [1.165, 1.54) is 12.8 Å². The molecule has 0 N–H and O–H groups in total. The molecule has 1 aliphatic heterocycles. The van der Waals surface area contributed by atoms with Crippen molar-refractivity contribution in [1.82, 2.24) is 0 Å². The molecule has 0 amide bonds. The lowest BCUT2D eigenvalue weighted by atomic mass is 10.0. The molecule has 0 aromatic heterocycles. The minimum atomic E-state index is 0.00478. The summed E-state index contributed by atoms with van der Waals surface area (Å²) in [7, 11) is 0. The highest BCUT2D eigenvalue weighted by molar-refractivity contribution is 6.33. The Morgan fingerprint density at radius 1 is 1.09 bits per heavy atom. The van der Waals surface area contributed by atoms with Gasteiger partial charge in [-0.15, -0.1) is 0 Å². The van der Waals surface area contributed by atoms with Crippen molar-refractivity contribution in [2.45, 2.75) is 19.8 Å². The van der Waals surface area contributed by atoms with Crippen LogP contribution in [0.5, 0.6) is 5.75 Å². The summed E-state index contributed by atoms with van der Waals surface area (Å²) >= 11 is 6.31. The van der Waals surface area contributed by atoms with E-state index in [-0.39, 0.29) is 5.78 Å². The van der Waals surface area contributed by atoms with Gasteiger partial charge in [-0.05, 0) is 62.2 Å². The number of carbonyl (C=O) groups excluding carboxylic acids is 1. The van der Waals surface area contributed by atoms with Gasteiger partial charge >= 0.3 is 0 Å². The second kappa shape index (κ2) is 7.05. The third-order valence-electron chi connectivity index (χ3n) is 4.08. The Kier molecular flexibility index (Phi) is 4.87. The Morgan fingerprint density at radius 2 is 1.74 bits per heavy atom. The van der Waals surface area contributed by atoms with Gasteiger partial charge in [0.2, 0.25) is 0 Å². The average molecular weight is 330 g/mol. The van der Waals surface area contributed by atoms with Crippen molar-refractivity contribution in [3.63, 3.8) is 0 Å². The molecule has 120 valence electrons. The first kappa shape index (κ1) is 15.9. The monoisotopic (exact) mass is 329 g/mol. The van der Waals surface area contributed by atoms with Crippen LogP contribution in [0.15, 0.2) is 42.5 Å². The van der Waals surface area contributed by atoms with Crippen molar-refractivity contribution < 1.29 is 9.53 Å². The van der Waals surface area contributed by atoms with Gasteiger partial charge in [0.05, 0.1) is 17.3 Å². The first-order valence-electron chi connectivity index (χ1n) is 8.01. The highest BCUT2D eigenvalue weighted by Crippen LogP contribution is 2.30. The molecule has 0 spiro atoms. The Balaban J connectivity index is 1.85. The van der Waals surface area contributed by atoms with Crippen molar-refractivity contribution in [2.75, 3.05) is 24.6 Å². The van der Waals surface area contributed by atoms with Crippen LogP contribution in [0.1, 0.15) is 35.7 Å². The maximum atomic E-state index is 12.7. The zero-order valence-electron chi connectivity index (χ0n) is 13.2. The fraction of sp³-hybridized carbons (Fsp3) is 0.316. The number of ketones is 1. The molecule has 0 unspecified atom stereocenters. The van der Waals surface area contributed by atoms with E-state index < -0.39 is 0 Å². The summed E-state index contributed by atoms with van der Waals surface area (Å²) in [5.41, 5.74) is 2.28. The van der Waals surface area contributed by atoms with Crippen LogP contribution in [0.25, 0.3) is 0 Å². The fourth-order valence-electron chi connectivity index (χ4n) is 2.89. The number of nitrogens with zero attached hydrogens (tertiary/aromatic N) is 1. The standard InChI is InChI=1S/C19H20ClNO2/c1-2-23-16-8-5-14(6-9-16)19(22)15-7-10-17(20)18(13-15)21-11-3-4-12-21/h5-10,13H,2-4,11-12H2,1H3. The molecule has 3 nitrogen and oxygen atoms in total. The molecule has 23 heavy (non-hydrogen) atoms. The van der Waals surface area contributed by atoms with Crippen LogP contribution in [0.2, 0.25) is 5.02 Å². The third kappa shape index (κ3) is 3.50. The SMILES string of the molecule is CCOc1ccc(C(=O)c2ccc(Cl)c(N3CCCC3)c2)cc1. The lowest BCUT2D eigenvalue weighted by molar-refractivity contribution is 0.103. The minimum Gasteiger partial charge on any atom is -0.494 e. The van der Waals surface area contributed by atoms with Gasteiger partial charge in [0.15, 0.2) is 5.78 Å². The van der Waals surface area contributed by atoms with Gasteiger partial charge in [0.1, 0.15) is 5.75 Å². The molecule has 2 aromatic carbocycles. The molecule has 3 rings (SSSR count). The number of ether oxygens (including phenoxy) is 1. The number of benzene rings is 2. The molecule has 0 bridgehead atoms. The van der Waals surface area contributed by atoms with E-state index in [1.807, 2.05) is 31.2 Å². The smallest absolute Gasteiger partial charge is 0.193 e. The van der Waals surface area contributed by atoms with E-state index in [2.05, 4.69) is 4.90 Å². The summed E-state index contributed by atoms with van der Waals surface area (Å²) in [6, 6.07) is 12.8. The summed E-state index contributed by atoms with van der Waals surface area (Å²) in [5.74, 6) is 0.781. The Bertz CT molecular complexity index is 691. The van der Waals surface area contributed by atoms with Crippen LogP contribution in [-0.2, 0) is 0 Å². The maximum Gasteiger partial charge on any atom is 0.193 e. The van der Waals surface area contributed by atoms with Crippen LogP contribution >= 0.6 is 11.6 Å². The average Bonchev–Trinajstić information content (AvgIpc) is 3.10. The molecule has 0 radical (unpaired) electrons. The molecule has 0 atom stereocenters. The fourth-order valence-corrected chi connectivity index (χ4v) is 3.13. The van der Waals surface area contributed by atoms with E-state index in [0.29, 0.717) is 22.8 Å². The third-order valence-corrected chi connectivity index (χ3v) is 4.40. The molecule has 1 heterocycles. The van der Waals surface area contributed by atoms with Gasteiger partial charge in [-0.25, -0.2) is 0 Å². The Hall–Kier alpha value is -2.00. The van der Waals surface area contributed by atoms with Crippen LogP contribution in [-0.4, -0.2) is 25.5 Å². The summed E-state index contributed by atoms with van der Waals surface area (Å²) in [6.07, 6.45) is 2.35. The van der Waals surface area contributed by atoms with Crippen LogP contribution < -0.4 is 9.64 Å². The van der Waals surface area contributed by atoms with E-state index in [1.54, 1.807) is 18.2 Å². The number of hydrogen-bond donors (Lipinski definition) is 0. The summed E-state index contributed by atoms with van der Waals surface area (Å²) < 4.78 is 5.41. The molecule has 1 saturated heterocycles. The molecule has 1 aliphatic rings. The highest BCUT2D eigenvalue weighted by atomic mass is 35.5. The maximum absolute atomic E-state index is 12.7. The van der Waals surface area contributed by atoms with Gasteiger partial charge in [-0.3, -0.25) is 4.79 Å². The first-order valence-corrected chi connectivity index (χ1v) is 8.39. The zero-order chi connectivity index (χ0) is 16.2. The number of carbonyl (C=O) groups is 1. The number of hydrogen-bond acceptors (Lipinski definition) is 3. The van der Waals surface area contributed by atoms with Gasteiger partial charge in [0.25, 0.3) is 0 Å². The molecular weight excluding hydrogens is 310 g/mol. The van der Waals surface area contributed by atoms with Gasteiger partial charge in [-0.2, -0.15) is 0 Å². The summed E-state index contributed by atoms with van der Waals surface area (Å²) in [4.78, 5) is 14.9. The van der Waals surface area contributed by atoms with Crippen molar-refractivity contribution in [3.05, 3.63) is 58.6 Å². The molecule has 0 aliphatic carbocycles. The normalized spacial score (nSPS) is 14.1. The quantitative estimate of drug-likeness (QED) is 0.752. The number of rotatable bonds is 5. The van der Waals surface area contributed by atoms with Crippen LogP contribution in [0.3, 0.4) is 0 Å². The van der Waals surface area contributed by atoms with Crippen LogP contribution in [0, 0.1) is 0 Å². The van der Waals surface area contributed by atoms with E-state index in [0.717, 1.165) is 24.5 Å². The first-order chi connectivity index (χ1) is 11.2. The predicted molar refractivity (Wildman–Crippen MR) is 93.9 cm³/mol. The minimum absolute atomic E-state index is 0.00478. The Morgan fingerprint density at radius 3 is 2.39 bits per heavy atom. The Labute approximate surface area is 141 Å². The molecule has 0 saturated carbocycles. The number of anilines is 1. The van der Waals surface area contributed by atoms with Crippen molar-refractivity contribution >= 4 is 23.1 Å². The molecule has 2 aromatic rings. The van der Waals surface area contributed by atoms with Gasteiger partial charge in [0, 0.05) is 24.2 Å².